The van der Waals surface area contributed by atoms with E-state index in [0.717, 1.165) is 43.7 Å². The van der Waals surface area contributed by atoms with Crippen LogP contribution in [0, 0.1) is 6.92 Å². The van der Waals surface area contributed by atoms with Gasteiger partial charge in [-0.1, -0.05) is 0 Å². The van der Waals surface area contributed by atoms with Crippen LogP contribution in [-0.4, -0.2) is 23.8 Å². The third kappa shape index (κ3) is 5.72. The maximum Gasteiger partial charge on any atom is 0.407 e. The Morgan fingerprint density at radius 2 is 2.05 bits per heavy atom. The minimum atomic E-state index is -0.451. The molecular formula is C17H28N2O3. The van der Waals surface area contributed by atoms with Crippen molar-refractivity contribution in [3.05, 3.63) is 23.7 Å². The van der Waals surface area contributed by atoms with E-state index in [1.807, 2.05) is 39.8 Å². The highest BCUT2D eigenvalue weighted by Gasteiger charge is 2.25. The Kier molecular flexibility index (Phi) is 5.51. The normalized spacial score (nSPS) is 22.4. The van der Waals surface area contributed by atoms with E-state index in [4.69, 9.17) is 9.15 Å². The van der Waals surface area contributed by atoms with E-state index in [1.54, 1.807) is 0 Å². The molecule has 5 nitrogen and oxygen atoms in total. The van der Waals surface area contributed by atoms with Crippen LogP contribution < -0.4 is 10.6 Å². The molecule has 1 aliphatic carbocycles. The number of furan rings is 1. The molecule has 2 atom stereocenters. The van der Waals surface area contributed by atoms with Gasteiger partial charge in [0.15, 0.2) is 0 Å². The first kappa shape index (κ1) is 16.9. The summed E-state index contributed by atoms with van der Waals surface area (Å²) in [5, 5.41) is 6.50. The lowest BCUT2D eigenvalue weighted by atomic mass is 9.91. The number of ether oxygens (including phenoxy) is 1. The summed E-state index contributed by atoms with van der Waals surface area (Å²) in [5.41, 5.74) is -0.451. The van der Waals surface area contributed by atoms with Gasteiger partial charge in [0, 0.05) is 12.1 Å². The van der Waals surface area contributed by atoms with Gasteiger partial charge in [-0.3, -0.25) is 0 Å². The van der Waals surface area contributed by atoms with E-state index >= 15 is 0 Å². The quantitative estimate of drug-likeness (QED) is 0.893. The van der Waals surface area contributed by atoms with Crippen molar-refractivity contribution in [1.82, 2.24) is 10.6 Å². The van der Waals surface area contributed by atoms with E-state index in [9.17, 15) is 4.79 Å². The predicted octanol–water partition coefficient (Wildman–Crippen LogP) is 3.51. The number of nitrogens with one attached hydrogen (secondary N) is 2. The van der Waals surface area contributed by atoms with Crippen LogP contribution in [0.5, 0.6) is 0 Å². The molecule has 1 aromatic heterocycles. The summed E-state index contributed by atoms with van der Waals surface area (Å²) in [6, 6.07) is 4.56. The molecule has 124 valence electrons. The average molecular weight is 308 g/mol. The van der Waals surface area contributed by atoms with Crippen molar-refractivity contribution in [2.24, 2.45) is 0 Å². The Bertz CT molecular complexity index is 490. The van der Waals surface area contributed by atoms with Crippen LogP contribution in [0.25, 0.3) is 0 Å². The molecule has 0 aromatic carbocycles. The van der Waals surface area contributed by atoms with Crippen molar-refractivity contribution in [3.8, 4) is 0 Å². The molecule has 1 aromatic rings. The largest absolute Gasteiger partial charge is 0.465 e. The van der Waals surface area contributed by atoms with Crippen LogP contribution in [0.2, 0.25) is 0 Å². The molecule has 2 unspecified atom stereocenters. The number of aryl methyl sites for hydroxylation is 1. The second kappa shape index (κ2) is 7.18. The van der Waals surface area contributed by atoms with Crippen LogP contribution >= 0.6 is 0 Å². The Morgan fingerprint density at radius 3 is 2.68 bits per heavy atom. The molecule has 1 aliphatic rings. The van der Waals surface area contributed by atoms with E-state index in [1.165, 1.54) is 0 Å². The molecular weight excluding hydrogens is 280 g/mol. The summed E-state index contributed by atoms with van der Waals surface area (Å²) in [7, 11) is 0. The summed E-state index contributed by atoms with van der Waals surface area (Å²) < 4.78 is 10.9. The molecule has 2 rings (SSSR count). The van der Waals surface area contributed by atoms with Crippen molar-refractivity contribution < 1.29 is 13.9 Å². The molecule has 2 N–H and O–H groups in total. The second-order valence-electron chi connectivity index (χ2n) is 7.10. The zero-order valence-electron chi connectivity index (χ0n) is 14.1. The van der Waals surface area contributed by atoms with Crippen LogP contribution in [0.1, 0.15) is 58.0 Å². The first-order valence-electron chi connectivity index (χ1n) is 8.10. The molecule has 0 bridgehead atoms. The molecule has 5 heteroatoms. The highest BCUT2D eigenvalue weighted by molar-refractivity contribution is 5.68. The second-order valence-corrected chi connectivity index (χ2v) is 7.10. The molecule has 0 aliphatic heterocycles. The summed E-state index contributed by atoms with van der Waals surface area (Å²) in [4.78, 5) is 11.8. The van der Waals surface area contributed by atoms with Gasteiger partial charge in [0.1, 0.15) is 17.1 Å². The number of carbonyl (C=O) groups is 1. The smallest absolute Gasteiger partial charge is 0.407 e. The Labute approximate surface area is 132 Å². The fraction of sp³-hybridized carbons (Fsp3) is 0.706. The Morgan fingerprint density at radius 1 is 1.32 bits per heavy atom. The first-order valence-corrected chi connectivity index (χ1v) is 8.10. The SMILES string of the molecule is Cc1ccc(CNC2CCCC(NC(=O)OC(C)(C)C)C2)o1. The molecule has 1 amide bonds. The van der Waals surface area contributed by atoms with Gasteiger partial charge in [0.2, 0.25) is 0 Å². The van der Waals surface area contributed by atoms with Crippen LogP contribution in [0.4, 0.5) is 4.79 Å². The molecule has 1 fully saturated rings. The number of amides is 1. The van der Waals surface area contributed by atoms with Gasteiger partial charge in [-0.05, 0) is 65.5 Å². The van der Waals surface area contributed by atoms with Crippen LogP contribution in [0.15, 0.2) is 16.5 Å². The zero-order chi connectivity index (χ0) is 16.2. The van der Waals surface area contributed by atoms with Gasteiger partial charge in [0.05, 0.1) is 6.54 Å². The molecule has 1 heterocycles. The maximum absolute atomic E-state index is 11.8. The minimum absolute atomic E-state index is 0.180. The van der Waals surface area contributed by atoms with Crippen LogP contribution in [0.3, 0.4) is 0 Å². The molecule has 1 saturated carbocycles. The number of hydrogen-bond donors (Lipinski definition) is 2. The topological polar surface area (TPSA) is 63.5 Å². The van der Waals surface area contributed by atoms with Gasteiger partial charge in [-0.2, -0.15) is 0 Å². The fourth-order valence-corrected chi connectivity index (χ4v) is 2.81. The van der Waals surface area contributed by atoms with Crippen molar-refractivity contribution in [3.63, 3.8) is 0 Å². The number of hydrogen-bond acceptors (Lipinski definition) is 4. The molecule has 0 saturated heterocycles. The van der Waals surface area contributed by atoms with E-state index in [0.29, 0.717) is 6.04 Å². The summed E-state index contributed by atoms with van der Waals surface area (Å²) in [6.45, 7) is 8.32. The number of rotatable bonds is 4. The maximum atomic E-state index is 11.8. The van der Waals surface area contributed by atoms with E-state index < -0.39 is 5.60 Å². The summed E-state index contributed by atoms with van der Waals surface area (Å²) >= 11 is 0. The molecule has 0 radical (unpaired) electrons. The lowest BCUT2D eigenvalue weighted by Gasteiger charge is -2.31. The third-order valence-electron chi connectivity index (χ3n) is 3.76. The van der Waals surface area contributed by atoms with Crippen molar-refractivity contribution in [2.75, 3.05) is 0 Å². The molecule has 0 spiro atoms. The van der Waals surface area contributed by atoms with Gasteiger partial charge in [-0.25, -0.2) is 4.79 Å². The van der Waals surface area contributed by atoms with E-state index in [-0.39, 0.29) is 12.1 Å². The summed E-state index contributed by atoms with van der Waals surface area (Å²) in [6.07, 6.45) is 3.86. The standard InChI is InChI=1S/C17H28N2O3/c1-12-8-9-15(21-12)11-18-13-6-5-7-14(10-13)19-16(20)22-17(2,3)4/h8-9,13-14,18H,5-7,10-11H2,1-4H3,(H,19,20). The van der Waals surface area contributed by atoms with Crippen molar-refractivity contribution in [2.45, 2.75) is 77.6 Å². The monoisotopic (exact) mass is 308 g/mol. The van der Waals surface area contributed by atoms with Gasteiger partial charge in [0.25, 0.3) is 0 Å². The average Bonchev–Trinajstić information content (AvgIpc) is 2.80. The fourth-order valence-electron chi connectivity index (χ4n) is 2.81. The Balaban J connectivity index is 1.75. The first-order chi connectivity index (χ1) is 10.3. The van der Waals surface area contributed by atoms with Gasteiger partial charge >= 0.3 is 6.09 Å². The Hall–Kier alpha value is -1.49. The van der Waals surface area contributed by atoms with Gasteiger partial charge in [-0.15, -0.1) is 0 Å². The molecule has 22 heavy (non-hydrogen) atoms. The highest BCUT2D eigenvalue weighted by atomic mass is 16.6. The predicted molar refractivity (Wildman–Crippen MR) is 85.7 cm³/mol. The van der Waals surface area contributed by atoms with Crippen molar-refractivity contribution in [1.29, 1.82) is 0 Å². The van der Waals surface area contributed by atoms with E-state index in [2.05, 4.69) is 10.6 Å². The lowest BCUT2D eigenvalue weighted by molar-refractivity contribution is 0.0488. The lowest BCUT2D eigenvalue weighted by Crippen LogP contribution is -2.45. The highest BCUT2D eigenvalue weighted by Crippen LogP contribution is 2.20. The third-order valence-corrected chi connectivity index (χ3v) is 3.76. The minimum Gasteiger partial charge on any atom is -0.465 e. The van der Waals surface area contributed by atoms with Crippen LogP contribution in [-0.2, 0) is 11.3 Å². The number of alkyl carbamates (subject to hydrolysis) is 1. The van der Waals surface area contributed by atoms with Gasteiger partial charge < -0.3 is 19.8 Å². The zero-order valence-corrected chi connectivity index (χ0v) is 14.1. The number of carbonyl (C=O) groups excluding carboxylic acids is 1. The summed E-state index contributed by atoms with van der Waals surface area (Å²) in [5.74, 6) is 1.89. The van der Waals surface area contributed by atoms with Crippen molar-refractivity contribution >= 4 is 6.09 Å².